The number of nitrogens with one attached hydrogen (secondary N) is 2. The van der Waals surface area contributed by atoms with Gasteiger partial charge in [-0.25, -0.2) is 0 Å². The maximum atomic E-state index is 13.6. The third-order valence-electron chi connectivity index (χ3n) is 5.69. The molecule has 1 aliphatic rings. The summed E-state index contributed by atoms with van der Waals surface area (Å²) >= 11 is 0. The largest absolute Gasteiger partial charge is 0.507 e. The van der Waals surface area contributed by atoms with E-state index in [4.69, 9.17) is 0 Å². The number of phenols is 2. The molecule has 0 atom stereocenters. The van der Waals surface area contributed by atoms with Crippen LogP contribution in [-0.4, -0.2) is 31.7 Å². The Morgan fingerprint density at radius 1 is 0.618 bits per heavy atom. The molecule has 0 saturated carbocycles. The Morgan fingerprint density at radius 2 is 1.06 bits per heavy atom. The van der Waals surface area contributed by atoms with Crippen LogP contribution < -0.4 is 10.6 Å². The fraction of sp³-hybridized carbons (Fsp3) is 0.0769. The molecule has 0 unspecified atom stereocenters. The fourth-order valence-electron chi connectivity index (χ4n) is 4.06. The van der Waals surface area contributed by atoms with E-state index in [1.54, 1.807) is 49.1 Å². The summed E-state index contributed by atoms with van der Waals surface area (Å²) in [7, 11) is 0. The van der Waals surface area contributed by atoms with Gasteiger partial charge >= 0.3 is 0 Å². The molecule has 0 saturated heterocycles. The highest BCUT2D eigenvalue weighted by atomic mass is 16.3. The van der Waals surface area contributed by atoms with Crippen molar-refractivity contribution in [1.82, 2.24) is 9.97 Å². The van der Waals surface area contributed by atoms with E-state index >= 15 is 0 Å². The Labute approximate surface area is 195 Å². The Hall–Kier alpha value is -4.72. The Balaban J connectivity index is 1.54. The first-order valence-electron chi connectivity index (χ1n) is 10.6. The number of hydrogen-bond acceptors (Lipinski definition) is 8. The van der Waals surface area contributed by atoms with E-state index in [-0.39, 0.29) is 33.8 Å². The maximum absolute atomic E-state index is 13.6. The van der Waals surface area contributed by atoms with Crippen LogP contribution in [0.1, 0.15) is 43.0 Å². The van der Waals surface area contributed by atoms with Crippen LogP contribution in [0.4, 0.5) is 11.4 Å². The minimum atomic E-state index is -0.545. The molecule has 0 fully saturated rings. The molecule has 0 aliphatic heterocycles. The van der Waals surface area contributed by atoms with Crippen LogP contribution in [0.25, 0.3) is 0 Å². The SMILES string of the molecule is O=C1c2c(O)ccc(NCc3cccnc3)c2C(=O)c2c(O)ccc(NCc3cccnc3)c21. The van der Waals surface area contributed by atoms with Crippen LogP contribution in [0.2, 0.25) is 0 Å². The van der Waals surface area contributed by atoms with Crippen molar-refractivity contribution in [2.75, 3.05) is 10.6 Å². The zero-order valence-corrected chi connectivity index (χ0v) is 17.9. The Kier molecular flexibility index (Phi) is 5.39. The van der Waals surface area contributed by atoms with Gasteiger partial charge in [0.25, 0.3) is 0 Å². The van der Waals surface area contributed by atoms with Crippen LogP contribution in [0.5, 0.6) is 11.5 Å². The van der Waals surface area contributed by atoms with E-state index in [0.29, 0.717) is 24.5 Å². The number of benzene rings is 2. The lowest BCUT2D eigenvalue weighted by molar-refractivity contribution is 0.0975. The van der Waals surface area contributed by atoms with Gasteiger partial charge in [0, 0.05) is 49.3 Å². The lowest BCUT2D eigenvalue weighted by Gasteiger charge is -2.24. The van der Waals surface area contributed by atoms with Crippen molar-refractivity contribution >= 4 is 22.9 Å². The predicted molar refractivity (Wildman–Crippen MR) is 126 cm³/mol. The fourth-order valence-corrected chi connectivity index (χ4v) is 4.06. The summed E-state index contributed by atoms with van der Waals surface area (Å²) in [5.41, 5.74) is 2.39. The van der Waals surface area contributed by atoms with Crippen molar-refractivity contribution < 1.29 is 19.8 Å². The van der Waals surface area contributed by atoms with Crippen molar-refractivity contribution in [3.05, 3.63) is 107 Å². The molecular formula is C26H20N4O4. The van der Waals surface area contributed by atoms with E-state index in [9.17, 15) is 19.8 Å². The van der Waals surface area contributed by atoms with Gasteiger partial charge in [-0.3, -0.25) is 19.6 Å². The van der Waals surface area contributed by atoms with Crippen molar-refractivity contribution in [3.8, 4) is 11.5 Å². The van der Waals surface area contributed by atoms with Crippen LogP contribution in [0.3, 0.4) is 0 Å². The van der Waals surface area contributed by atoms with E-state index < -0.39 is 11.6 Å². The highest BCUT2D eigenvalue weighted by Gasteiger charge is 2.37. The minimum absolute atomic E-state index is 0.0288. The molecule has 0 radical (unpaired) electrons. The molecule has 8 heteroatoms. The molecule has 8 nitrogen and oxygen atoms in total. The van der Waals surface area contributed by atoms with E-state index in [0.717, 1.165) is 11.1 Å². The lowest BCUT2D eigenvalue weighted by atomic mass is 9.81. The van der Waals surface area contributed by atoms with Gasteiger partial charge in [0.05, 0.1) is 22.3 Å². The molecule has 4 aromatic rings. The van der Waals surface area contributed by atoms with E-state index in [2.05, 4.69) is 20.6 Å². The smallest absolute Gasteiger partial charge is 0.200 e. The molecule has 4 N–H and O–H groups in total. The zero-order chi connectivity index (χ0) is 23.7. The molecule has 5 rings (SSSR count). The molecule has 34 heavy (non-hydrogen) atoms. The number of ketones is 2. The van der Waals surface area contributed by atoms with Gasteiger partial charge in [-0.15, -0.1) is 0 Å². The maximum Gasteiger partial charge on any atom is 0.200 e. The summed E-state index contributed by atoms with van der Waals surface area (Å²) in [4.78, 5) is 35.3. The van der Waals surface area contributed by atoms with Crippen LogP contribution >= 0.6 is 0 Å². The molecule has 168 valence electrons. The Morgan fingerprint density at radius 3 is 1.44 bits per heavy atom. The second-order valence-corrected chi connectivity index (χ2v) is 7.85. The van der Waals surface area contributed by atoms with Crippen molar-refractivity contribution in [3.63, 3.8) is 0 Å². The van der Waals surface area contributed by atoms with Crippen molar-refractivity contribution in [1.29, 1.82) is 0 Å². The summed E-state index contributed by atoms with van der Waals surface area (Å²) in [6.45, 7) is 0.718. The molecule has 0 amide bonds. The van der Waals surface area contributed by atoms with Gasteiger partial charge in [-0.05, 0) is 47.5 Å². The number of fused-ring (bicyclic) bond motifs is 2. The quantitative estimate of drug-likeness (QED) is 0.286. The first kappa shape index (κ1) is 21.1. The molecule has 2 aromatic carbocycles. The third-order valence-corrected chi connectivity index (χ3v) is 5.69. The summed E-state index contributed by atoms with van der Waals surface area (Å²) in [5.74, 6) is -1.69. The summed E-state index contributed by atoms with van der Waals surface area (Å²) in [6.07, 6.45) is 6.70. The van der Waals surface area contributed by atoms with Crippen LogP contribution in [0.15, 0.2) is 73.3 Å². The number of nitrogens with zero attached hydrogens (tertiary/aromatic N) is 2. The van der Waals surface area contributed by atoms with E-state index in [1.807, 2.05) is 12.1 Å². The first-order valence-corrected chi connectivity index (χ1v) is 10.6. The standard InChI is InChI=1S/C26H20N4O4/c31-19-7-5-17(29-13-15-3-1-9-27-11-15)21-23(19)26(34)22-18(6-8-20(32)24(22)25(21)33)30-14-16-4-2-10-28-12-16/h1-12,29-32H,13-14H2. The summed E-state index contributed by atoms with van der Waals surface area (Å²) < 4.78 is 0. The van der Waals surface area contributed by atoms with Crippen LogP contribution in [-0.2, 0) is 13.1 Å². The minimum Gasteiger partial charge on any atom is -0.507 e. The normalized spacial score (nSPS) is 12.1. The first-order chi connectivity index (χ1) is 16.5. The second kappa shape index (κ2) is 8.67. The van der Waals surface area contributed by atoms with Crippen LogP contribution in [0, 0.1) is 0 Å². The number of phenolic OH excluding ortho intramolecular Hbond substituents is 2. The molecule has 0 spiro atoms. The molecular weight excluding hydrogens is 432 g/mol. The number of aromatic nitrogens is 2. The average Bonchev–Trinajstić information content (AvgIpc) is 2.86. The van der Waals surface area contributed by atoms with Crippen molar-refractivity contribution in [2.45, 2.75) is 13.1 Å². The van der Waals surface area contributed by atoms with Gasteiger partial charge in [-0.1, -0.05) is 12.1 Å². The zero-order valence-electron chi connectivity index (χ0n) is 17.9. The number of carbonyl (C=O) groups excluding carboxylic acids is 2. The number of anilines is 2. The van der Waals surface area contributed by atoms with Gasteiger partial charge in [0.2, 0.25) is 11.6 Å². The average molecular weight is 452 g/mol. The topological polar surface area (TPSA) is 124 Å². The summed E-state index contributed by atoms with van der Waals surface area (Å²) in [6, 6.07) is 13.2. The Bertz CT molecular complexity index is 1300. The molecule has 2 aromatic heterocycles. The van der Waals surface area contributed by atoms with Gasteiger partial charge in [0.1, 0.15) is 11.5 Å². The molecule has 1 aliphatic carbocycles. The van der Waals surface area contributed by atoms with E-state index in [1.165, 1.54) is 12.1 Å². The number of rotatable bonds is 6. The third kappa shape index (κ3) is 3.71. The monoisotopic (exact) mass is 452 g/mol. The highest BCUT2D eigenvalue weighted by molar-refractivity contribution is 6.33. The van der Waals surface area contributed by atoms with Gasteiger partial charge < -0.3 is 20.8 Å². The van der Waals surface area contributed by atoms with Crippen molar-refractivity contribution in [2.24, 2.45) is 0 Å². The molecule has 2 heterocycles. The molecule has 0 bridgehead atoms. The second-order valence-electron chi connectivity index (χ2n) is 7.85. The predicted octanol–water partition coefficient (Wildman–Crippen LogP) is 3.89. The highest BCUT2D eigenvalue weighted by Crippen LogP contribution is 2.42. The van der Waals surface area contributed by atoms with Gasteiger partial charge in [0.15, 0.2) is 0 Å². The number of carbonyl (C=O) groups is 2. The summed E-state index contributed by atoms with van der Waals surface area (Å²) in [5, 5.41) is 27.4. The lowest BCUT2D eigenvalue weighted by Crippen LogP contribution is -2.24. The number of aromatic hydroxyl groups is 2. The number of pyridine rings is 2. The van der Waals surface area contributed by atoms with Gasteiger partial charge in [-0.2, -0.15) is 0 Å². The number of hydrogen-bond donors (Lipinski definition) is 4.